The molecule has 1 unspecified atom stereocenters. The van der Waals surface area contributed by atoms with Crippen LogP contribution < -0.4 is 0 Å². The second-order valence-electron chi connectivity index (χ2n) is 4.87. The summed E-state index contributed by atoms with van der Waals surface area (Å²) in [6.45, 7) is 2.42. The number of hydrogen-bond donors (Lipinski definition) is 2. The molecule has 130 valence electrons. The van der Waals surface area contributed by atoms with Crippen molar-refractivity contribution in [2.45, 2.75) is 58.5 Å². The zero-order valence-electron chi connectivity index (χ0n) is 13.0. The van der Waals surface area contributed by atoms with Gasteiger partial charge in [-0.15, -0.1) is 0 Å². The van der Waals surface area contributed by atoms with E-state index < -0.39 is 32.5 Å². The molecule has 0 bridgehead atoms. The van der Waals surface area contributed by atoms with E-state index in [4.69, 9.17) is 14.5 Å². The first-order chi connectivity index (χ1) is 10.2. The number of ether oxygens (including phenoxy) is 2. The van der Waals surface area contributed by atoms with Crippen molar-refractivity contribution < 1.29 is 37.9 Å². The van der Waals surface area contributed by atoms with Gasteiger partial charge in [-0.2, -0.15) is 0 Å². The Morgan fingerprint density at radius 1 is 1.09 bits per heavy atom. The van der Waals surface area contributed by atoms with Gasteiger partial charge in [-0.05, 0) is 6.42 Å². The second-order valence-corrected chi connectivity index (χ2v) is 6.10. The van der Waals surface area contributed by atoms with Gasteiger partial charge < -0.3 is 19.3 Å². The van der Waals surface area contributed by atoms with Crippen molar-refractivity contribution >= 4 is 19.8 Å². The van der Waals surface area contributed by atoms with Crippen molar-refractivity contribution in [1.29, 1.82) is 0 Å². The topological polar surface area (TPSA) is 119 Å². The molecule has 0 aromatic heterocycles. The molecule has 0 radical (unpaired) electrons. The van der Waals surface area contributed by atoms with Crippen LogP contribution in [0.15, 0.2) is 0 Å². The summed E-state index contributed by atoms with van der Waals surface area (Å²) in [6, 6.07) is 0. The molecule has 9 heteroatoms. The number of phosphoric acid groups is 1. The highest BCUT2D eigenvalue weighted by Crippen LogP contribution is 2.35. The van der Waals surface area contributed by atoms with E-state index in [0.29, 0.717) is 6.42 Å². The van der Waals surface area contributed by atoms with Gasteiger partial charge in [0.1, 0.15) is 6.61 Å². The first-order valence-corrected chi connectivity index (χ1v) is 8.80. The first-order valence-electron chi connectivity index (χ1n) is 7.27. The molecule has 0 heterocycles. The summed E-state index contributed by atoms with van der Waals surface area (Å²) >= 11 is 0. The minimum Gasteiger partial charge on any atom is -0.462 e. The van der Waals surface area contributed by atoms with Crippen LogP contribution in [-0.4, -0.2) is 41.0 Å². The fourth-order valence-corrected chi connectivity index (χ4v) is 1.98. The minimum atomic E-state index is -4.68. The summed E-state index contributed by atoms with van der Waals surface area (Å²) in [6.07, 6.45) is 4.02. The molecule has 0 aliphatic heterocycles. The van der Waals surface area contributed by atoms with E-state index >= 15 is 0 Å². The Morgan fingerprint density at radius 2 is 1.73 bits per heavy atom. The van der Waals surface area contributed by atoms with E-state index in [-0.39, 0.29) is 13.0 Å². The Kier molecular flexibility index (Phi) is 11.1. The van der Waals surface area contributed by atoms with Gasteiger partial charge in [-0.25, -0.2) is 4.57 Å². The summed E-state index contributed by atoms with van der Waals surface area (Å²) in [4.78, 5) is 39.7. The van der Waals surface area contributed by atoms with Crippen LogP contribution in [0.2, 0.25) is 0 Å². The van der Waals surface area contributed by atoms with Gasteiger partial charge in [0, 0.05) is 13.3 Å². The molecule has 2 N–H and O–H groups in total. The van der Waals surface area contributed by atoms with Crippen LogP contribution >= 0.6 is 7.82 Å². The maximum atomic E-state index is 11.6. The lowest BCUT2D eigenvalue weighted by molar-refractivity contribution is -0.160. The van der Waals surface area contributed by atoms with Gasteiger partial charge in [-0.1, -0.05) is 32.6 Å². The third-order valence-corrected chi connectivity index (χ3v) is 3.17. The summed E-state index contributed by atoms with van der Waals surface area (Å²) in [5.41, 5.74) is 0. The van der Waals surface area contributed by atoms with Crippen LogP contribution in [-0.2, 0) is 28.2 Å². The SMILES string of the molecule is CCCCCCCC(=O)OC(COC(C)=O)COP(=O)(O)O. The maximum Gasteiger partial charge on any atom is 0.469 e. The smallest absolute Gasteiger partial charge is 0.462 e. The Bertz CT molecular complexity index is 378. The van der Waals surface area contributed by atoms with Gasteiger partial charge in [0.15, 0.2) is 6.10 Å². The highest BCUT2D eigenvalue weighted by Gasteiger charge is 2.22. The average molecular weight is 340 g/mol. The number of phosphoric ester groups is 1. The lowest BCUT2D eigenvalue weighted by Crippen LogP contribution is -2.29. The van der Waals surface area contributed by atoms with Crippen LogP contribution in [0.3, 0.4) is 0 Å². The molecule has 0 aromatic rings. The van der Waals surface area contributed by atoms with Gasteiger partial charge in [0.2, 0.25) is 0 Å². The largest absolute Gasteiger partial charge is 0.469 e. The molecule has 0 saturated carbocycles. The molecule has 0 aliphatic rings. The van der Waals surface area contributed by atoms with Gasteiger partial charge in [-0.3, -0.25) is 14.1 Å². The van der Waals surface area contributed by atoms with Crippen LogP contribution in [0, 0.1) is 0 Å². The van der Waals surface area contributed by atoms with Crippen molar-refractivity contribution in [3.05, 3.63) is 0 Å². The van der Waals surface area contributed by atoms with Crippen LogP contribution in [0.4, 0.5) is 0 Å². The molecule has 0 aromatic carbocycles. The van der Waals surface area contributed by atoms with Crippen molar-refractivity contribution in [1.82, 2.24) is 0 Å². The zero-order valence-corrected chi connectivity index (χ0v) is 13.9. The molecular formula is C13H25O8P. The fourth-order valence-electron chi connectivity index (χ4n) is 1.62. The van der Waals surface area contributed by atoms with E-state index in [1.807, 2.05) is 0 Å². The van der Waals surface area contributed by atoms with Crippen molar-refractivity contribution in [3.8, 4) is 0 Å². The Balaban J connectivity index is 4.15. The van der Waals surface area contributed by atoms with Crippen LogP contribution in [0.5, 0.6) is 0 Å². The summed E-state index contributed by atoms with van der Waals surface area (Å²) in [5.74, 6) is -1.10. The monoisotopic (exact) mass is 340 g/mol. The summed E-state index contributed by atoms with van der Waals surface area (Å²) in [5, 5.41) is 0. The molecule has 0 amide bonds. The Morgan fingerprint density at radius 3 is 2.27 bits per heavy atom. The summed E-state index contributed by atoms with van der Waals surface area (Å²) < 4.78 is 24.6. The second kappa shape index (κ2) is 11.6. The third-order valence-electron chi connectivity index (χ3n) is 2.68. The quantitative estimate of drug-likeness (QED) is 0.314. The predicted molar refractivity (Wildman–Crippen MR) is 77.9 cm³/mol. The van der Waals surface area contributed by atoms with E-state index in [9.17, 15) is 14.2 Å². The minimum absolute atomic E-state index is 0.205. The third kappa shape index (κ3) is 14.0. The zero-order chi connectivity index (χ0) is 17.0. The van der Waals surface area contributed by atoms with Gasteiger partial charge >= 0.3 is 19.8 Å². The van der Waals surface area contributed by atoms with E-state index in [1.165, 1.54) is 6.92 Å². The number of carbonyl (C=O) groups excluding carboxylic acids is 2. The number of rotatable bonds is 12. The Labute approximate surface area is 130 Å². The van der Waals surface area contributed by atoms with Crippen molar-refractivity contribution in [2.75, 3.05) is 13.2 Å². The molecule has 0 spiro atoms. The normalized spacial score (nSPS) is 12.7. The lowest BCUT2D eigenvalue weighted by Gasteiger charge is -2.18. The van der Waals surface area contributed by atoms with Crippen LogP contribution in [0.25, 0.3) is 0 Å². The summed E-state index contributed by atoms with van der Waals surface area (Å²) in [7, 11) is -4.68. The number of unbranched alkanes of at least 4 members (excludes halogenated alkanes) is 4. The molecule has 0 rings (SSSR count). The molecule has 8 nitrogen and oxygen atoms in total. The number of carbonyl (C=O) groups is 2. The van der Waals surface area contributed by atoms with Crippen molar-refractivity contribution in [2.24, 2.45) is 0 Å². The molecule has 0 fully saturated rings. The van der Waals surface area contributed by atoms with E-state index in [1.54, 1.807) is 0 Å². The lowest BCUT2D eigenvalue weighted by atomic mass is 10.1. The van der Waals surface area contributed by atoms with Crippen molar-refractivity contribution in [3.63, 3.8) is 0 Å². The standard InChI is InChI=1S/C13H25O8P/c1-3-4-5-6-7-8-13(15)21-12(9-19-11(2)14)10-20-22(16,17)18/h12H,3-10H2,1-2H3,(H2,16,17,18). The molecular weight excluding hydrogens is 315 g/mol. The van der Waals surface area contributed by atoms with Gasteiger partial charge in [0.05, 0.1) is 6.61 Å². The first kappa shape index (κ1) is 21.0. The maximum absolute atomic E-state index is 11.6. The number of hydrogen-bond acceptors (Lipinski definition) is 6. The van der Waals surface area contributed by atoms with E-state index in [2.05, 4.69) is 16.2 Å². The highest BCUT2D eigenvalue weighted by atomic mass is 31.2. The predicted octanol–water partition coefficient (Wildman–Crippen LogP) is 1.93. The molecule has 22 heavy (non-hydrogen) atoms. The Hall–Kier alpha value is -0.950. The molecule has 0 saturated heterocycles. The van der Waals surface area contributed by atoms with Gasteiger partial charge in [0.25, 0.3) is 0 Å². The van der Waals surface area contributed by atoms with E-state index in [0.717, 1.165) is 25.7 Å². The van der Waals surface area contributed by atoms with Crippen LogP contribution in [0.1, 0.15) is 52.4 Å². The average Bonchev–Trinajstić information content (AvgIpc) is 2.40. The molecule has 0 aliphatic carbocycles. The number of esters is 2. The highest BCUT2D eigenvalue weighted by molar-refractivity contribution is 7.46. The fraction of sp³-hybridized carbons (Fsp3) is 0.846. The molecule has 1 atom stereocenters.